The average Bonchev–Trinajstić information content (AvgIpc) is 2.70. The molecule has 1 heterocycles. The third-order valence-corrected chi connectivity index (χ3v) is 7.27. The number of aliphatic hydroxyl groups is 1. The molecular formula is C26H32F2N2O4S. The van der Waals surface area contributed by atoms with Crippen molar-refractivity contribution in [2.75, 3.05) is 12.3 Å². The molecule has 190 valence electrons. The lowest BCUT2D eigenvalue weighted by molar-refractivity contribution is -0.120. The van der Waals surface area contributed by atoms with Crippen LogP contribution in [0.2, 0.25) is 0 Å². The van der Waals surface area contributed by atoms with Crippen LogP contribution in [0, 0.1) is 17.0 Å². The minimum Gasteiger partial charge on any atom is -0.389 e. The van der Waals surface area contributed by atoms with Gasteiger partial charge >= 0.3 is 0 Å². The van der Waals surface area contributed by atoms with Gasteiger partial charge in [-0.2, -0.15) is 0 Å². The Labute approximate surface area is 205 Å². The predicted octanol–water partition coefficient (Wildman–Crippen LogP) is 3.38. The van der Waals surface area contributed by atoms with Crippen LogP contribution >= 0.6 is 0 Å². The highest BCUT2D eigenvalue weighted by Gasteiger charge is 2.27. The third-order valence-electron chi connectivity index (χ3n) is 5.64. The molecule has 3 rings (SSSR count). The van der Waals surface area contributed by atoms with Crippen molar-refractivity contribution in [2.24, 2.45) is 5.41 Å². The maximum Gasteiger partial charge on any atom is 0.217 e. The fraction of sp³-hybridized carbons (Fsp3) is 0.423. The van der Waals surface area contributed by atoms with Crippen molar-refractivity contribution in [1.82, 2.24) is 10.6 Å². The molecule has 2 atom stereocenters. The van der Waals surface area contributed by atoms with Crippen LogP contribution < -0.4 is 10.6 Å². The van der Waals surface area contributed by atoms with E-state index in [1.54, 1.807) is 12.1 Å². The molecule has 0 aliphatic carbocycles. The van der Waals surface area contributed by atoms with Crippen molar-refractivity contribution in [2.45, 2.75) is 57.6 Å². The Hall–Kier alpha value is -2.78. The van der Waals surface area contributed by atoms with E-state index in [0.29, 0.717) is 16.8 Å². The molecule has 0 saturated heterocycles. The first-order valence-corrected chi connectivity index (χ1v) is 13.1. The number of nitrogens with one attached hydrogen (secondary N) is 2. The molecule has 0 bridgehead atoms. The van der Waals surface area contributed by atoms with Gasteiger partial charge in [0.15, 0.2) is 9.84 Å². The number of rotatable bonds is 8. The van der Waals surface area contributed by atoms with Gasteiger partial charge in [-0.25, -0.2) is 17.2 Å². The van der Waals surface area contributed by atoms with Gasteiger partial charge in [0.05, 0.1) is 22.8 Å². The molecule has 1 aliphatic rings. The van der Waals surface area contributed by atoms with Gasteiger partial charge in [-0.3, -0.25) is 4.79 Å². The molecule has 1 amide bonds. The minimum atomic E-state index is -3.46. The molecular weight excluding hydrogens is 474 g/mol. The lowest BCUT2D eigenvalue weighted by Crippen LogP contribution is -2.48. The lowest BCUT2D eigenvalue weighted by atomic mass is 9.87. The van der Waals surface area contributed by atoms with Gasteiger partial charge in [0.1, 0.15) is 11.6 Å². The summed E-state index contributed by atoms with van der Waals surface area (Å²) in [6.45, 7) is 7.57. The largest absolute Gasteiger partial charge is 0.389 e. The minimum absolute atomic E-state index is 0.0108. The van der Waals surface area contributed by atoms with Crippen LogP contribution in [0.15, 0.2) is 47.4 Å². The molecule has 2 unspecified atom stereocenters. The first-order chi connectivity index (χ1) is 16.2. The van der Waals surface area contributed by atoms with Crippen LogP contribution in [0.3, 0.4) is 0 Å². The topological polar surface area (TPSA) is 95.5 Å². The Kier molecular flexibility index (Phi) is 8.01. The van der Waals surface area contributed by atoms with Crippen LogP contribution in [0.1, 0.15) is 44.4 Å². The van der Waals surface area contributed by atoms with E-state index in [-0.39, 0.29) is 29.0 Å². The standard InChI is InChI=1S/C26H32F2N2O4S/c1-16(31)30-23(12-18-9-19(27)13-20(28)10-18)24(32)15-29-22-7-8-35(33,34)25-6-5-17(11-21(22)25)14-26(2,3)4/h5-7,9-11,13,23-24,29,32H,8,12,14-15H2,1-4H3,(H,30,31). The van der Waals surface area contributed by atoms with Gasteiger partial charge in [-0.15, -0.1) is 0 Å². The zero-order valence-corrected chi connectivity index (χ0v) is 21.2. The molecule has 9 heteroatoms. The van der Waals surface area contributed by atoms with Gasteiger partial charge in [-0.05, 0) is 59.7 Å². The van der Waals surface area contributed by atoms with Crippen molar-refractivity contribution in [3.63, 3.8) is 0 Å². The first kappa shape index (κ1) is 26.8. The molecule has 2 aromatic rings. The summed E-state index contributed by atoms with van der Waals surface area (Å²) in [7, 11) is -3.46. The Bertz CT molecular complexity index is 1220. The highest BCUT2D eigenvalue weighted by atomic mass is 32.2. The van der Waals surface area contributed by atoms with Gasteiger partial charge in [-0.1, -0.05) is 26.8 Å². The number of hydrogen-bond acceptors (Lipinski definition) is 5. The maximum absolute atomic E-state index is 13.6. The monoisotopic (exact) mass is 506 g/mol. The molecule has 3 N–H and O–H groups in total. The summed E-state index contributed by atoms with van der Waals surface area (Å²) in [6, 6.07) is 7.53. The molecule has 0 radical (unpaired) electrons. The van der Waals surface area contributed by atoms with Gasteiger partial charge in [0.25, 0.3) is 0 Å². The molecule has 0 aromatic heterocycles. The second-order valence-electron chi connectivity index (χ2n) is 10.2. The van der Waals surface area contributed by atoms with E-state index in [0.717, 1.165) is 30.2 Å². The Morgan fingerprint density at radius 1 is 1.09 bits per heavy atom. The second kappa shape index (κ2) is 10.5. The summed E-state index contributed by atoms with van der Waals surface area (Å²) >= 11 is 0. The summed E-state index contributed by atoms with van der Waals surface area (Å²) in [5.41, 5.74) is 2.40. The van der Waals surface area contributed by atoms with Crippen molar-refractivity contribution >= 4 is 21.4 Å². The zero-order chi connectivity index (χ0) is 26.0. The van der Waals surface area contributed by atoms with E-state index in [1.165, 1.54) is 6.92 Å². The number of sulfone groups is 1. The predicted molar refractivity (Wildman–Crippen MR) is 131 cm³/mol. The SMILES string of the molecule is CC(=O)NC(Cc1cc(F)cc(F)c1)C(O)CNC1=CCS(=O)(=O)c2ccc(CC(C)(C)C)cc21. The van der Waals surface area contributed by atoms with E-state index >= 15 is 0 Å². The number of halogens is 2. The first-order valence-electron chi connectivity index (χ1n) is 11.4. The van der Waals surface area contributed by atoms with E-state index in [9.17, 15) is 27.1 Å². The smallest absolute Gasteiger partial charge is 0.217 e. The van der Waals surface area contributed by atoms with Crippen LogP contribution in [0.4, 0.5) is 8.78 Å². The second-order valence-corrected chi connectivity index (χ2v) is 12.2. The summed E-state index contributed by atoms with van der Waals surface area (Å²) in [5, 5.41) is 16.6. The number of aliphatic hydroxyl groups excluding tert-OH is 1. The molecule has 0 saturated carbocycles. The van der Waals surface area contributed by atoms with Gasteiger partial charge in [0.2, 0.25) is 5.91 Å². The maximum atomic E-state index is 13.6. The number of carbonyl (C=O) groups excluding carboxylic acids is 1. The quantitative estimate of drug-likeness (QED) is 0.510. The lowest BCUT2D eigenvalue weighted by Gasteiger charge is -2.27. The number of fused-ring (bicyclic) bond motifs is 1. The summed E-state index contributed by atoms with van der Waals surface area (Å²) in [6.07, 6.45) is 1.22. The third kappa shape index (κ3) is 7.35. The fourth-order valence-electron chi connectivity index (χ4n) is 4.23. The van der Waals surface area contributed by atoms with Crippen molar-refractivity contribution in [1.29, 1.82) is 0 Å². The summed E-state index contributed by atoms with van der Waals surface area (Å²) in [5.74, 6) is -2.06. The van der Waals surface area contributed by atoms with Crippen molar-refractivity contribution in [3.05, 3.63) is 70.8 Å². The Morgan fingerprint density at radius 3 is 2.34 bits per heavy atom. The Balaban J connectivity index is 1.80. The number of amides is 1. The zero-order valence-electron chi connectivity index (χ0n) is 20.4. The number of hydrogen-bond donors (Lipinski definition) is 3. The summed E-state index contributed by atoms with van der Waals surface area (Å²) < 4.78 is 52.4. The molecule has 35 heavy (non-hydrogen) atoms. The Morgan fingerprint density at radius 2 is 1.74 bits per heavy atom. The highest BCUT2D eigenvalue weighted by molar-refractivity contribution is 7.91. The van der Waals surface area contributed by atoms with E-state index in [4.69, 9.17) is 0 Å². The van der Waals surface area contributed by atoms with E-state index in [2.05, 4.69) is 31.4 Å². The van der Waals surface area contributed by atoms with E-state index < -0.39 is 39.5 Å². The van der Waals surface area contributed by atoms with Crippen molar-refractivity contribution in [3.8, 4) is 0 Å². The molecule has 2 aromatic carbocycles. The highest BCUT2D eigenvalue weighted by Crippen LogP contribution is 2.31. The van der Waals surface area contributed by atoms with E-state index in [1.807, 2.05) is 12.1 Å². The summed E-state index contributed by atoms with van der Waals surface area (Å²) in [4.78, 5) is 11.9. The number of carbonyl (C=O) groups is 1. The fourth-order valence-corrected chi connectivity index (χ4v) is 5.57. The normalized spacial score (nSPS) is 16.6. The van der Waals surface area contributed by atoms with Crippen LogP contribution in [0.5, 0.6) is 0 Å². The van der Waals surface area contributed by atoms with Crippen LogP contribution in [-0.4, -0.2) is 43.9 Å². The van der Waals surface area contributed by atoms with Gasteiger partial charge < -0.3 is 15.7 Å². The molecule has 0 spiro atoms. The van der Waals surface area contributed by atoms with Crippen LogP contribution in [0.25, 0.3) is 5.70 Å². The number of benzene rings is 2. The molecule has 6 nitrogen and oxygen atoms in total. The van der Waals surface area contributed by atoms with Gasteiger partial charge in [0, 0.05) is 30.8 Å². The van der Waals surface area contributed by atoms with Crippen molar-refractivity contribution < 1.29 is 27.1 Å². The molecule has 1 aliphatic heterocycles. The average molecular weight is 507 g/mol. The van der Waals surface area contributed by atoms with Crippen LogP contribution in [-0.2, 0) is 27.5 Å². The molecule has 0 fully saturated rings.